The summed E-state index contributed by atoms with van der Waals surface area (Å²) in [4.78, 5) is 24.5. The molecule has 2 amide bonds. The summed E-state index contributed by atoms with van der Waals surface area (Å²) >= 11 is 3.32. The van der Waals surface area contributed by atoms with Gasteiger partial charge in [-0.25, -0.2) is 0 Å². The SMILES string of the molecule is CCCCn1c(O)c2ccc(C(=O)N=NC(=O)C(C)Oc3cccc(Br)c3)cc2c1O. The average Bonchev–Trinajstić information content (AvgIpc) is 2.99. The van der Waals surface area contributed by atoms with Crippen LogP contribution < -0.4 is 4.74 Å². The third-order valence-electron chi connectivity index (χ3n) is 4.69. The van der Waals surface area contributed by atoms with E-state index in [9.17, 15) is 19.8 Å². The van der Waals surface area contributed by atoms with Gasteiger partial charge in [0, 0.05) is 27.4 Å². The van der Waals surface area contributed by atoms with Crippen LogP contribution in [0, 0.1) is 0 Å². The van der Waals surface area contributed by atoms with Gasteiger partial charge in [0.15, 0.2) is 6.10 Å². The lowest BCUT2D eigenvalue weighted by Crippen LogP contribution is -2.21. The Labute approximate surface area is 187 Å². The molecule has 9 heteroatoms. The Morgan fingerprint density at radius 1 is 1.10 bits per heavy atom. The van der Waals surface area contributed by atoms with Crippen molar-refractivity contribution in [3.05, 3.63) is 52.5 Å². The monoisotopic (exact) mass is 487 g/mol. The highest BCUT2D eigenvalue weighted by molar-refractivity contribution is 9.10. The lowest BCUT2D eigenvalue weighted by Gasteiger charge is -2.10. The Bertz CT molecular complexity index is 1160. The number of unbranched alkanes of at least 4 members (excludes halogenated alkanes) is 1. The number of ether oxygens (including phenoxy) is 1. The number of carbonyl (C=O) groups is 2. The zero-order chi connectivity index (χ0) is 22.5. The van der Waals surface area contributed by atoms with E-state index in [1.165, 1.54) is 29.7 Å². The van der Waals surface area contributed by atoms with Gasteiger partial charge in [0.05, 0.1) is 0 Å². The molecule has 0 radical (unpaired) electrons. The highest BCUT2D eigenvalue weighted by Crippen LogP contribution is 2.37. The Hall–Kier alpha value is -3.20. The summed E-state index contributed by atoms with van der Waals surface area (Å²) < 4.78 is 7.71. The molecule has 0 spiro atoms. The maximum atomic E-state index is 12.4. The molecule has 2 aromatic carbocycles. The van der Waals surface area contributed by atoms with Gasteiger partial charge >= 0.3 is 5.91 Å². The smallest absolute Gasteiger partial charge is 0.304 e. The first-order chi connectivity index (χ1) is 14.8. The van der Waals surface area contributed by atoms with Crippen LogP contribution in [-0.4, -0.2) is 32.7 Å². The van der Waals surface area contributed by atoms with Gasteiger partial charge in [-0.05, 0) is 49.7 Å². The summed E-state index contributed by atoms with van der Waals surface area (Å²) in [6.07, 6.45) is 0.751. The van der Waals surface area contributed by atoms with Gasteiger partial charge in [-0.15, -0.1) is 10.2 Å². The molecule has 1 atom stereocenters. The predicted octanol–water partition coefficient (Wildman–Crippen LogP) is 5.20. The second-order valence-corrected chi connectivity index (χ2v) is 7.89. The van der Waals surface area contributed by atoms with Gasteiger partial charge < -0.3 is 14.9 Å². The standard InChI is InChI=1S/C22H22BrN3O5/c1-3-4-10-26-21(29)17-9-8-14(11-18(17)22(26)30)20(28)25-24-19(27)13(2)31-16-7-5-6-15(23)12-16/h5-9,11-13,29-30H,3-4,10H2,1-2H3. The van der Waals surface area contributed by atoms with Crippen molar-refractivity contribution in [3.8, 4) is 17.5 Å². The van der Waals surface area contributed by atoms with Crippen LogP contribution >= 0.6 is 15.9 Å². The number of carbonyl (C=O) groups excluding carboxylic acids is 2. The molecule has 31 heavy (non-hydrogen) atoms. The van der Waals surface area contributed by atoms with E-state index in [4.69, 9.17) is 4.74 Å². The molecule has 0 bridgehead atoms. The molecule has 0 saturated heterocycles. The highest BCUT2D eigenvalue weighted by atomic mass is 79.9. The Morgan fingerprint density at radius 2 is 1.84 bits per heavy atom. The fourth-order valence-electron chi connectivity index (χ4n) is 3.00. The predicted molar refractivity (Wildman–Crippen MR) is 119 cm³/mol. The van der Waals surface area contributed by atoms with E-state index < -0.39 is 17.9 Å². The number of azo groups is 1. The van der Waals surface area contributed by atoms with Crippen molar-refractivity contribution < 1.29 is 24.5 Å². The number of halogens is 1. The largest absolute Gasteiger partial charge is 0.494 e. The molecule has 0 fully saturated rings. The Balaban J connectivity index is 1.73. The van der Waals surface area contributed by atoms with Gasteiger partial charge in [0.1, 0.15) is 5.75 Å². The molecule has 1 heterocycles. The van der Waals surface area contributed by atoms with E-state index in [0.717, 1.165) is 17.3 Å². The van der Waals surface area contributed by atoms with Crippen LogP contribution in [0.1, 0.15) is 37.0 Å². The number of rotatable bonds is 7. The number of hydrogen-bond donors (Lipinski definition) is 2. The van der Waals surface area contributed by atoms with Crippen molar-refractivity contribution in [2.75, 3.05) is 0 Å². The Morgan fingerprint density at radius 3 is 2.55 bits per heavy atom. The molecule has 8 nitrogen and oxygen atoms in total. The van der Waals surface area contributed by atoms with E-state index in [-0.39, 0.29) is 17.3 Å². The average molecular weight is 488 g/mol. The normalized spacial score (nSPS) is 12.4. The number of amides is 2. The molecule has 2 N–H and O–H groups in total. The first-order valence-corrected chi connectivity index (χ1v) is 10.6. The first kappa shape index (κ1) is 22.5. The Kier molecular flexibility index (Phi) is 7.06. The zero-order valence-corrected chi connectivity index (χ0v) is 18.7. The van der Waals surface area contributed by atoms with Crippen LogP contribution in [0.15, 0.2) is 57.2 Å². The minimum absolute atomic E-state index is 0.0599. The number of nitrogens with zero attached hydrogens (tertiary/aromatic N) is 3. The summed E-state index contributed by atoms with van der Waals surface area (Å²) in [5.41, 5.74) is 0.132. The van der Waals surface area contributed by atoms with Crippen LogP contribution in [0.3, 0.4) is 0 Å². The second-order valence-electron chi connectivity index (χ2n) is 6.97. The summed E-state index contributed by atoms with van der Waals surface area (Å²) in [6.45, 7) is 3.97. The van der Waals surface area contributed by atoms with Gasteiger partial charge in [-0.2, -0.15) is 0 Å². The summed E-state index contributed by atoms with van der Waals surface area (Å²) in [7, 11) is 0. The minimum atomic E-state index is -0.929. The van der Waals surface area contributed by atoms with E-state index in [1.54, 1.807) is 18.2 Å². The third kappa shape index (κ3) is 5.11. The summed E-state index contributed by atoms with van der Waals surface area (Å²) in [5.74, 6) is -1.16. The van der Waals surface area contributed by atoms with E-state index >= 15 is 0 Å². The maximum absolute atomic E-state index is 12.4. The summed E-state index contributed by atoms with van der Waals surface area (Å²) in [5, 5.41) is 28.4. The molecule has 0 aliphatic heterocycles. The quantitative estimate of drug-likeness (QED) is 0.444. The molecule has 1 unspecified atom stereocenters. The van der Waals surface area contributed by atoms with Gasteiger partial charge in [-0.3, -0.25) is 14.2 Å². The molecule has 1 aromatic heterocycles. The van der Waals surface area contributed by atoms with Crippen molar-refractivity contribution in [2.24, 2.45) is 10.2 Å². The molecule has 0 saturated carbocycles. The van der Waals surface area contributed by atoms with Gasteiger partial charge in [-0.1, -0.05) is 35.3 Å². The molecular weight excluding hydrogens is 466 g/mol. The van der Waals surface area contributed by atoms with Gasteiger partial charge in [0.25, 0.3) is 5.91 Å². The van der Waals surface area contributed by atoms with Crippen molar-refractivity contribution in [2.45, 2.75) is 39.3 Å². The highest BCUT2D eigenvalue weighted by Gasteiger charge is 2.19. The van der Waals surface area contributed by atoms with E-state index in [2.05, 4.69) is 26.2 Å². The molecule has 0 aliphatic rings. The summed E-state index contributed by atoms with van der Waals surface area (Å²) in [6, 6.07) is 11.4. The molecule has 0 aliphatic carbocycles. The number of benzene rings is 2. The number of aromatic hydroxyl groups is 2. The lowest BCUT2D eigenvalue weighted by atomic mass is 10.1. The maximum Gasteiger partial charge on any atom is 0.304 e. The van der Waals surface area contributed by atoms with Crippen molar-refractivity contribution in [1.82, 2.24) is 4.57 Å². The van der Waals surface area contributed by atoms with Crippen LogP contribution in [0.25, 0.3) is 10.8 Å². The number of hydrogen-bond acceptors (Lipinski definition) is 5. The van der Waals surface area contributed by atoms with Crippen molar-refractivity contribution in [3.63, 3.8) is 0 Å². The molecule has 162 valence electrons. The van der Waals surface area contributed by atoms with Crippen LogP contribution in [0.5, 0.6) is 17.5 Å². The third-order valence-corrected chi connectivity index (χ3v) is 5.18. The topological polar surface area (TPSA) is 113 Å². The van der Waals surface area contributed by atoms with Crippen molar-refractivity contribution in [1.29, 1.82) is 0 Å². The van der Waals surface area contributed by atoms with Crippen LogP contribution in [0.2, 0.25) is 0 Å². The second kappa shape index (κ2) is 9.74. The minimum Gasteiger partial charge on any atom is -0.494 e. The first-order valence-electron chi connectivity index (χ1n) is 9.78. The fourth-order valence-corrected chi connectivity index (χ4v) is 3.38. The zero-order valence-electron chi connectivity index (χ0n) is 17.1. The van der Waals surface area contributed by atoms with E-state index in [0.29, 0.717) is 23.1 Å². The number of aromatic nitrogens is 1. The van der Waals surface area contributed by atoms with Crippen LogP contribution in [-0.2, 0) is 11.3 Å². The molecule has 3 aromatic rings. The lowest BCUT2D eigenvalue weighted by molar-refractivity contribution is -0.124. The fraction of sp³-hybridized carbons (Fsp3) is 0.273. The van der Waals surface area contributed by atoms with E-state index in [1.807, 2.05) is 13.0 Å². The van der Waals surface area contributed by atoms with Crippen molar-refractivity contribution >= 4 is 38.5 Å². The molecule has 3 rings (SSSR count). The molecular formula is C22H22BrN3O5. The van der Waals surface area contributed by atoms with Gasteiger partial charge in [0.2, 0.25) is 11.8 Å². The van der Waals surface area contributed by atoms with Crippen LogP contribution in [0.4, 0.5) is 0 Å². The number of fused-ring (bicyclic) bond motifs is 1.